The van der Waals surface area contributed by atoms with Crippen molar-refractivity contribution in [2.45, 2.75) is 12.8 Å². The van der Waals surface area contributed by atoms with Crippen LogP contribution in [0.4, 0.5) is 0 Å². The fourth-order valence-corrected chi connectivity index (χ4v) is 2.16. The second kappa shape index (κ2) is 3.88. The molecule has 0 amide bonds. The van der Waals surface area contributed by atoms with E-state index in [0.717, 1.165) is 27.5 Å². The topological polar surface area (TPSA) is 50.4 Å². The van der Waals surface area contributed by atoms with Crippen LogP contribution in [0.5, 0.6) is 0 Å². The molecule has 0 aliphatic heterocycles. The first-order valence-corrected chi connectivity index (χ1v) is 5.81. The van der Waals surface area contributed by atoms with Crippen LogP contribution in [0, 0.1) is 0 Å². The second-order valence-electron chi connectivity index (χ2n) is 4.41. The van der Waals surface area contributed by atoms with Crippen molar-refractivity contribution in [1.82, 2.24) is 0 Å². The van der Waals surface area contributed by atoms with E-state index >= 15 is 0 Å². The molecule has 3 heteroatoms. The van der Waals surface area contributed by atoms with Gasteiger partial charge in [-0.25, -0.2) is 0 Å². The molecule has 1 N–H and O–H groups in total. The molecule has 90 valence electrons. The molecular formula is C15H12O3. The maximum Gasteiger partial charge on any atom is 0.310 e. The van der Waals surface area contributed by atoms with Crippen molar-refractivity contribution in [2.75, 3.05) is 0 Å². The molecule has 0 aliphatic rings. The summed E-state index contributed by atoms with van der Waals surface area (Å²) in [5, 5.41) is 11.0. The Kier molecular flexibility index (Phi) is 2.33. The van der Waals surface area contributed by atoms with Crippen LogP contribution >= 0.6 is 0 Å². The molecule has 0 unspecified atom stereocenters. The molecule has 1 aromatic heterocycles. The van der Waals surface area contributed by atoms with E-state index in [-0.39, 0.29) is 0 Å². The van der Waals surface area contributed by atoms with Crippen molar-refractivity contribution >= 4 is 27.9 Å². The number of carboxylic acid groups (broad SMARTS) is 1. The van der Waals surface area contributed by atoms with Gasteiger partial charge in [-0.05, 0) is 30.7 Å². The van der Waals surface area contributed by atoms with E-state index < -0.39 is 11.9 Å². The van der Waals surface area contributed by atoms with Crippen LogP contribution in [-0.2, 0) is 4.79 Å². The van der Waals surface area contributed by atoms with Gasteiger partial charge >= 0.3 is 5.97 Å². The van der Waals surface area contributed by atoms with Gasteiger partial charge in [-0.15, -0.1) is 0 Å². The highest BCUT2D eigenvalue weighted by molar-refractivity contribution is 6.05. The van der Waals surface area contributed by atoms with Crippen molar-refractivity contribution in [3.05, 3.63) is 48.0 Å². The van der Waals surface area contributed by atoms with E-state index in [2.05, 4.69) is 0 Å². The lowest BCUT2D eigenvalue weighted by Gasteiger charge is -2.05. The number of furan rings is 1. The Labute approximate surface area is 104 Å². The van der Waals surface area contributed by atoms with Crippen LogP contribution in [-0.4, -0.2) is 11.1 Å². The number of rotatable bonds is 2. The molecule has 0 bridgehead atoms. The first-order valence-electron chi connectivity index (χ1n) is 5.81. The van der Waals surface area contributed by atoms with Gasteiger partial charge in [0.1, 0.15) is 11.2 Å². The van der Waals surface area contributed by atoms with Crippen LogP contribution < -0.4 is 0 Å². The van der Waals surface area contributed by atoms with Crippen molar-refractivity contribution in [3.63, 3.8) is 0 Å². The third kappa shape index (κ3) is 1.56. The third-order valence-electron chi connectivity index (χ3n) is 3.27. The zero-order valence-electron chi connectivity index (χ0n) is 9.88. The standard InChI is InChI=1S/C15H12O3/c1-9(15(16)17)10-6-7-14-12(8-10)11-4-2-3-5-13(11)18-14/h2-9H,1H3,(H,16,17)/t9-/m0/s1. The Morgan fingerprint density at radius 1 is 1.11 bits per heavy atom. The lowest BCUT2D eigenvalue weighted by atomic mass is 9.99. The molecule has 0 saturated carbocycles. The fraction of sp³-hybridized carbons (Fsp3) is 0.133. The van der Waals surface area contributed by atoms with Crippen molar-refractivity contribution < 1.29 is 14.3 Å². The van der Waals surface area contributed by atoms with Crippen molar-refractivity contribution in [1.29, 1.82) is 0 Å². The zero-order chi connectivity index (χ0) is 12.7. The third-order valence-corrected chi connectivity index (χ3v) is 3.27. The maximum atomic E-state index is 11.0. The summed E-state index contributed by atoms with van der Waals surface area (Å²) in [6.45, 7) is 1.69. The number of carboxylic acids is 1. The summed E-state index contributed by atoms with van der Waals surface area (Å²) in [6.07, 6.45) is 0. The molecule has 2 aromatic carbocycles. The Morgan fingerprint density at radius 3 is 2.61 bits per heavy atom. The summed E-state index contributed by atoms with van der Waals surface area (Å²) in [7, 11) is 0. The smallest absolute Gasteiger partial charge is 0.310 e. The van der Waals surface area contributed by atoms with Crippen molar-refractivity contribution in [3.8, 4) is 0 Å². The number of fused-ring (bicyclic) bond motifs is 3. The number of para-hydroxylation sites is 1. The van der Waals surface area contributed by atoms with Crippen LogP contribution in [0.3, 0.4) is 0 Å². The lowest BCUT2D eigenvalue weighted by Crippen LogP contribution is -2.06. The fourth-order valence-electron chi connectivity index (χ4n) is 2.16. The average molecular weight is 240 g/mol. The Bertz CT molecular complexity index is 740. The second-order valence-corrected chi connectivity index (χ2v) is 4.41. The molecule has 0 spiro atoms. The number of benzene rings is 2. The molecule has 0 aliphatic carbocycles. The molecule has 0 saturated heterocycles. The van der Waals surface area contributed by atoms with Gasteiger partial charge in [-0.2, -0.15) is 0 Å². The highest BCUT2D eigenvalue weighted by Crippen LogP contribution is 2.30. The summed E-state index contributed by atoms with van der Waals surface area (Å²) in [5.41, 5.74) is 2.41. The van der Waals surface area contributed by atoms with Gasteiger partial charge in [0.05, 0.1) is 5.92 Å². The molecule has 18 heavy (non-hydrogen) atoms. The Hall–Kier alpha value is -2.29. The zero-order valence-corrected chi connectivity index (χ0v) is 9.88. The van der Waals surface area contributed by atoms with Gasteiger partial charge < -0.3 is 9.52 Å². The average Bonchev–Trinajstić information content (AvgIpc) is 2.75. The summed E-state index contributed by atoms with van der Waals surface area (Å²) in [6, 6.07) is 13.3. The van der Waals surface area contributed by atoms with E-state index in [1.165, 1.54) is 0 Å². The minimum Gasteiger partial charge on any atom is -0.481 e. The number of hydrogen-bond donors (Lipinski definition) is 1. The highest BCUT2D eigenvalue weighted by Gasteiger charge is 2.15. The predicted molar refractivity (Wildman–Crippen MR) is 69.8 cm³/mol. The Morgan fingerprint density at radius 2 is 1.83 bits per heavy atom. The molecule has 3 rings (SSSR count). The van der Waals surface area contributed by atoms with Gasteiger partial charge in [-0.1, -0.05) is 24.3 Å². The highest BCUT2D eigenvalue weighted by atomic mass is 16.4. The maximum absolute atomic E-state index is 11.0. The van der Waals surface area contributed by atoms with Crippen LogP contribution in [0.1, 0.15) is 18.4 Å². The van der Waals surface area contributed by atoms with E-state index in [9.17, 15) is 4.79 Å². The van der Waals surface area contributed by atoms with Gasteiger partial charge in [-0.3, -0.25) is 4.79 Å². The quantitative estimate of drug-likeness (QED) is 0.741. The van der Waals surface area contributed by atoms with Crippen LogP contribution in [0.15, 0.2) is 46.9 Å². The minimum atomic E-state index is -0.817. The predicted octanol–water partition coefficient (Wildman–Crippen LogP) is 3.77. The monoisotopic (exact) mass is 240 g/mol. The molecule has 1 atom stereocenters. The van der Waals surface area contributed by atoms with Gasteiger partial charge in [0, 0.05) is 10.8 Å². The number of aliphatic carboxylic acids is 1. The largest absolute Gasteiger partial charge is 0.481 e. The molecule has 0 radical (unpaired) electrons. The van der Waals surface area contributed by atoms with Crippen LogP contribution in [0.25, 0.3) is 21.9 Å². The van der Waals surface area contributed by atoms with Gasteiger partial charge in [0.15, 0.2) is 0 Å². The van der Waals surface area contributed by atoms with E-state index in [1.807, 2.05) is 42.5 Å². The number of carbonyl (C=O) groups is 1. The summed E-state index contributed by atoms with van der Waals surface area (Å²) in [5.74, 6) is -1.33. The molecule has 1 heterocycles. The summed E-state index contributed by atoms with van der Waals surface area (Å²) < 4.78 is 5.70. The number of hydrogen-bond acceptors (Lipinski definition) is 2. The molecule has 3 nitrogen and oxygen atoms in total. The lowest BCUT2D eigenvalue weighted by molar-refractivity contribution is -0.138. The first kappa shape index (κ1) is 10.8. The summed E-state index contributed by atoms with van der Waals surface area (Å²) in [4.78, 5) is 11.0. The van der Waals surface area contributed by atoms with E-state index in [0.29, 0.717) is 0 Å². The molecule has 3 aromatic rings. The van der Waals surface area contributed by atoms with E-state index in [1.54, 1.807) is 6.92 Å². The van der Waals surface area contributed by atoms with Crippen LogP contribution in [0.2, 0.25) is 0 Å². The van der Waals surface area contributed by atoms with Gasteiger partial charge in [0.25, 0.3) is 0 Å². The van der Waals surface area contributed by atoms with E-state index in [4.69, 9.17) is 9.52 Å². The normalized spacial score (nSPS) is 12.9. The minimum absolute atomic E-state index is 0.511. The first-order chi connectivity index (χ1) is 8.66. The summed E-state index contributed by atoms with van der Waals surface area (Å²) >= 11 is 0. The van der Waals surface area contributed by atoms with Crippen molar-refractivity contribution in [2.24, 2.45) is 0 Å². The van der Waals surface area contributed by atoms with Gasteiger partial charge in [0.2, 0.25) is 0 Å². The molecule has 0 fully saturated rings. The SMILES string of the molecule is C[C@H](C(=O)O)c1ccc2oc3ccccc3c2c1. The Balaban J connectivity index is 2.27. The molecular weight excluding hydrogens is 228 g/mol.